The third-order valence-electron chi connectivity index (χ3n) is 1.64. The van der Waals surface area contributed by atoms with E-state index in [0.29, 0.717) is 0 Å². The van der Waals surface area contributed by atoms with Crippen molar-refractivity contribution in [2.45, 2.75) is 19.2 Å². The summed E-state index contributed by atoms with van der Waals surface area (Å²) in [5.74, 6) is -1.98. The quantitative estimate of drug-likeness (QED) is 0.543. The smallest absolute Gasteiger partial charge is 0.449 e. The summed E-state index contributed by atoms with van der Waals surface area (Å²) in [7, 11) is 2.89. The van der Waals surface area contributed by atoms with Crippen LogP contribution in [0.25, 0.3) is 0 Å². The fourth-order valence-electron chi connectivity index (χ4n) is 0.592. The third kappa shape index (κ3) is 6.96. The van der Waals surface area contributed by atoms with E-state index in [1.807, 2.05) is 0 Å². The summed E-state index contributed by atoms with van der Waals surface area (Å²) in [5, 5.41) is 0. The van der Waals surface area contributed by atoms with E-state index in [1.165, 1.54) is 19.0 Å². The number of amides is 1. The minimum absolute atomic E-state index is 0. The molecule has 0 aliphatic carbocycles. The van der Waals surface area contributed by atoms with Gasteiger partial charge in [-0.15, -0.1) is 0 Å². The molecule has 13 heavy (non-hydrogen) atoms. The summed E-state index contributed by atoms with van der Waals surface area (Å²) in [6.07, 6.45) is -0.448. The summed E-state index contributed by atoms with van der Waals surface area (Å²) < 4.78 is 35.9. The van der Waals surface area contributed by atoms with E-state index in [0.717, 1.165) is 6.92 Å². The average Bonchev–Trinajstić information content (AvgIpc) is 1.85. The molecule has 1 amide bonds. The zero-order valence-electron chi connectivity index (χ0n) is 8.35. The summed E-state index contributed by atoms with van der Waals surface area (Å²) in [6.45, 7) is -3.85. The van der Waals surface area contributed by atoms with E-state index in [-0.39, 0.29) is 51.4 Å². The predicted octanol–water partition coefficient (Wildman–Crippen LogP) is -1.29. The van der Waals surface area contributed by atoms with Gasteiger partial charge < -0.3 is 17.8 Å². The van der Waals surface area contributed by atoms with Gasteiger partial charge in [-0.1, -0.05) is 12.7 Å². The molecule has 1 atom stereocenters. The molecule has 72 valence electrons. The van der Waals surface area contributed by atoms with Crippen molar-refractivity contribution in [3.63, 3.8) is 0 Å². The molecular formula is C6H12BF3KNO. The maximum atomic E-state index is 12.0. The molecule has 0 aromatic heterocycles. The van der Waals surface area contributed by atoms with Crippen LogP contribution in [0.5, 0.6) is 0 Å². The SMILES string of the molecule is CC(CC(=O)N(C)C)[B-](F)(F)F.[K+]. The molecule has 0 bridgehead atoms. The van der Waals surface area contributed by atoms with Crippen LogP contribution < -0.4 is 51.4 Å². The topological polar surface area (TPSA) is 20.3 Å². The molecule has 0 saturated heterocycles. The van der Waals surface area contributed by atoms with Gasteiger partial charge in [-0.25, -0.2) is 0 Å². The third-order valence-corrected chi connectivity index (χ3v) is 1.64. The van der Waals surface area contributed by atoms with E-state index in [9.17, 15) is 17.7 Å². The molecule has 0 rings (SSSR count). The van der Waals surface area contributed by atoms with Crippen LogP contribution in [0.2, 0.25) is 5.82 Å². The number of halogens is 3. The Bertz CT molecular complexity index is 174. The van der Waals surface area contributed by atoms with E-state index < -0.39 is 25.1 Å². The first-order valence-corrected chi connectivity index (χ1v) is 3.65. The summed E-state index contributed by atoms with van der Waals surface area (Å²) >= 11 is 0. The van der Waals surface area contributed by atoms with Crippen molar-refractivity contribution < 1.29 is 69.1 Å². The molecule has 0 fully saturated rings. The Balaban J connectivity index is 0. The van der Waals surface area contributed by atoms with Crippen LogP contribution in [0.1, 0.15) is 13.3 Å². The normalized spacial score (nSPS) is 13.1. The van der Waals surface area contributed by atoms with Crippen LogP contribution in [0.4, 0.5) is 12.9 Å². The molecule has 0 aromatic carbocycles. The van der Waals surface area contributed by atoms with Crippen LogP contribution in [-0.4, -0.2) is 31.9 Å². The standard InChI is InChI=1S/C6H12BF3NO.K/c1-5(7(8,9)10)4-6(12)11(2)3;/h5H,4H2,1-3H3;/q-1;+1. The van der Waals surface area contributed by atoms with Crippen LogP contribution in [0.3, 0.4) is 0 Å². The van der Waals surface area contributed by atoms with Gasteiger partial charge in [0.2, 0.25) is 5.91 Å². The first-order chi connectivity index (χ1) is 5.25. The van der Waals surface area contributed by atoms with Crippen molar-refractivity contribution in [1.29, 1.82) is 0 Å². The Morgan fingerprint density at radius 2 is 1.77 bits per heavy atom. The Labute approximate surface area is 119 Å². The number of carbonyl (C=O) groups is 1. The number of hydrogen-bond donors (Lipinski definition) is 0. The van der Waals surface area contributed by atoms with Crippen molar-refractivity contribution in [3.05, 3.63) is 0 Å². The monoisotopic (exact) mass is 221 g/mol. The fraction of sp³-hybridized carbons (Fsp3) is 0.833. The Morgan fingerprint density at radius 3 is 2.00 bits per heavy atom. The second kappa shape index (κ2) is 6.45. The molecule has 7 heteroatoms. The molecule has 0 aliphatic rings. The molecule has 0 aromatic rings. The maximum Gasteiger partial charge on any atom is 1.00 e. The minimum Gasteiger partial charge on any atom is -0.449 e. The van der Waals surface area contributed by atoms with E-state index in [4.69, 9.17) is 0 Å². The predicted molar refractivity (Wildman–Crippen MR) is 41.8 cm³/mol. The number of hydrogen-bond acceptors (Lipinski definition) is 1. The van der Waals surface area contributed by atoms with E-state index >= 15 is 0 Å². The van der Waals surface area contributed by atoms with Gasteiger partial charge in [0.05, 0.1) is 0 Å². The number of rotatable bonds is 3. The average molecular weight is 221 g/mol. The maximum absolute atomic E-state index is 12.0. The number of nitrogens with zero attached hydrogens (tertiary/aromatic N) is 1. The molecule has 0 radical (unpaired) electrons. The minimum atomic E-state index is -4.88. The van der Waals surface area contributed by atoms with Crippen molar-refractivity contribution in [1.82, 2.24) is 4.90 Å². The molecule has 2 nitrogen and oxygen atoms in total. The molecule has 0 aliphatic heterocycles. The zero-order valence-corrected chi connectivity index (χ0v) is 11.5. The van der Waals surface area contributed by atoms with Gasteiger partial charge in [-0.3, -0.25) is 4.79 Å². The Morgan fingerprint density at radius 1 is 1.38 bits per heavy atom. The van der Waals surface area contributed by atoms with Crippen LogP contribution in [0, 0.1) is 0 Å². The summed E-state index contributed by atoms with van der Waals surface area (Å²) in [4.78, 5) is 12.0. The molecule has 0 heterocycles. The van der Waals surface area contributed by atoms with Gasteiger partial charge in [0.1, 0.15) is 0 Å². The Kier molecular flexibility index (Phi) is 8.13. The molecule has 0 saturated carbocycles. The van der Waals surface area contributed by atoms with Crippen molar-refractivity contribution in [2.24, 2.45) is 0 Å². The van der Waals surface area contributed by atoms with Crippen molar-refractivity contribution in [2.75, 3.05) is 14.1 Å². The van der Waals surface area contributed by atoms with Gasteiger partial charge in [-0.05, 0) is 0 Å². The van der Waals surface area contributed by atoms with Crippen molar-refractivity contribution in [3.8, 4) is 0 Å². The van der Waals surface area contributed by atoms with Gasteiger partial charge in [0, 0.05) is 20.5 Å². The molecular weight excluding hydrogens is 209 g/mol. The Hall–Kier alpha value is 0.961. The molecule has 0 N–H and O–H groups in total. The van der Waals surface area contributed by atoms with Gasteiger partial charge in [-0.2, -0.15) is 0 Å². The van der Waals surface area contributed by atoms with Gasteiger partial charge in [0.25, 0.3) is 0 Å². The van der Waals surface area contributed by atoms with E-state index in [2.05, 4.69) is 0 Å². The van der Waals surface area contributed by atoms with Crippen LogP contribution >= 0.6 is 0 Å². The summed E-state index contributed by atoms with van der Waals surface area (Å²) in [5.41, 5.74) is 0. The second-order valence-corrected chi connectivity index (χ2v) is 3.09. The zero-order chi connectivity index (χ0) is 9.94. The van der Waals surface area contributed by atoms with E-state index in [1.54, 1.807) is 0 Å². The van der Waals surface area contributed by atoms with Gasteiger partial charge >= 0.3 is 58.4 Å². The van der Waals surface area contributed by atoms with Crippen LogP contribution in [-0.2, 0) is 4.79 Å². The molecule has 0 spiro atoms. The molecule has 1 unspecified atom stereocenters. The summed E-state index contributed by atoms with van der Waals surface area (Å²) in [6, 6.07) is 0. The first kappa shape index (κ1) is 16.4. The largest absolute Gasteiger partial charge is 1.00 e. The first-order valence-electron chi connectivity index (χ1n) is 3.65. The number of carbonyl (C=O) groups excluding carboxylic acids is 1. The van der Waals surface area contributed by atoms with Gasteiger partial charge in [0.15, 0.2) is 0 Å². The second-order valence-electron chi connectivity index (χ2n) is 3.09. The van der Waals surface area contributed by atoms with Crippen LogP contribution in [0.15, 0.2) is 0 Å². The fourth-order valence-corrected chi connectivity index (χ4v) is 0.592. The van der Waals surface area contributed by atoms with Crippen molar-refractivity contribution >= 4 is 12.9 Å².